The second-order valence-corrected chi connectivity index (χ2v) is 9.19. The van der Waals surface area contributed by atoms with Gasteiger partial charge in [0.15, 0.2) is 5.82 Å². The predicted octanol–water partition coefficient (Wildman–Crippen LogP) is 4.99. The normalized spacial score (nSPS) is 15.4. The number of fused-ring (bicyclic) bond motifs is 3. The first kappa shape index (κ1) is 20.1. The van der Waals surface area contributed by atoms with Gasteiger partial charge in [0.25, 0.3) is 0 Å². The average molecular weight is 453 g/mol. The number of benzene rings is 1. The Balaban J connectivity index is 1.73. The molecule has 0 saturated heterocycles. The largest absolute Gasteiger partial charge is 0.425 e. The molecule has 0 spiro atoms. The highest BCUT2D eigenvalue weighted by Crippen LogP contribution is 2.39. The van der Waals surface area contributed by atoms with Crippen LogP contribution in [0.4, 0.5) is 0 Å². The van der Waals surface area contributed by atoms with Gasteiger partial charge in [-0.15, -0.1) is 31.7 Å². The van der Waals surface area contributed by atoms with Crippen molar-refractivity contribution in [3.8, 4) is 5.00 Å². The average Bonchev–Trinajstić information content (AvgIpc) is 3.42. The van der Waals surface area contributed by atoms with Crippen LogP contribution in [0.1, 0.15) is 58.0 Å². The Kier molecular flexibility index (Phi) is 4.98. The molecule has 4 heterocycles. The molecular formula is C22H21ClN6OS. The van der Waals surface area contributed by atoms with Crippen LogP contribution in [0.25, 0.3) is 5.00 Å². The molecule has 1 aliphatic rings. The lowest BCUT2D eigenvalue weighted by Gasteiger charge is -2.11. The van der Waals surface area contributed by atoms with Gasteiger partial charge in [0.05, 0.1) is 12.1 Å². The maximum atomic E-state index is 6.16. The molecule has 0 amide bonds. The minimum Gasteiger partial charge on any atom is -0.425 e. The maximum absolute atomic E-state index is 6.16. The molecule has 4 aromatic rings. The molecule has 0 aliphatic carbocycles. The number of nitrogens with zero attached hydrogens (tertiary/aromatic N) is 6. The lowest BCUT2D eigenvalue weighted by atomic mass is 9.99. The Bertz CT molecular complexity index is 1300. The number of aryl methyl sites for hydroxylation is 3. The SMILES string of the molecule is CCc1nnc(C[C@@H]2N=C(c3ccc(Cl)cc3)c3c(sc(C)c3C)-n3c(C)nnc32)o1. The lowest BCUT2D eigenvalue weighted by Crippen LogP contribution is -2.09. The molecule has 7 nitrogen and oxygen atoms in total. The quantitative estimate of drug-likeness (QED) is 0.435. The van der Waals surface area contributed by atoms with Crippen LogP contribution < -0.4 is 0 Å². The van der Waals surface area contributed by atoms with Gasteiger partial charge in [-0.1, -0.05) is 30.7 Å². The van der Waals surface area contributed by atoms with Crippen LogP contribution >= 0.6 is 22.9 Å². The van der Waals surface area contributed by atoms with Crippen LogP contribution in [0, 0.1) is 20.8 Å². The summed E-state index contributed by atoms with van der Waals surface area (Å²) in [5, 5.41) is 19.0. The highest BCUT2D eigenvalue weighted by atomic mass is 35.5. The topological polar surface area (TPSA) is 82.0 Å². The summed E-state index contributed by atoms with van der Waals surface area (Å²) in [4.78, 5) is 6.45. The first-order valence-electron chi connectivity index (χ1n) is 10.1. The fourth-order valence-corrected chi connectivity index (χ4v) is 5.15. The summed E-state index contributed by atoms with van der Waals surface area (Å²) >= 11 is 7.89. The number of hydrogen-bond acceptors (Lipinski definition) is 7. The molecule has 1 aromatic carbocycles. The number of halogens is 1. The van der Waals surface area contributed by atoms with Crippen molar-refractivity contribution in [1.82, 2.24) is 25.0 Å². The fourth-order valence-electron chi connectivity index (χ4n) is 3.81. The van der Waals surface area contributed by atoms with E-state index in [0.29, 0.717) is 29.6 Å². The molecule has 0 fully saturated rings. The van der Waals surface area contributed by atoms with E-state index in [0.717, 1.165) is 33.5 Å². The Labute approximate surface area is 188 Å². The third-order valence-electron chi connectivity index (χ3n) is 5.54. The predicted molar refractivity (Wildman–Crippen MR) is 121 cm³/mol. The monoisotopic (exact) mass is 452 g/mol. The summed E-state index contributed by atoms with van der Waals surface area (Å²) < 4.78 is 7.91. The third-order valence-corrected chi connectivity index (χ3v) is 6.98. The molecule has 0 unspecified atom stereocenters. The van der Waals surface area contributed by atoms with E-state index in [-0.39, 0.29) is 6.04 Å². The van der Waals surface area contributed by atoms with Crippen molar-refractivity contribution in [2.45, 2.75) is 46.6 Å². The molecular weight excluding hydrogens is 432 g/mol. The van der Waals surface area contributed by atoms with E-state index in [1.54, 1.807) is 11.3 Å². The standard InChI is InChI=1S/C22H21ClN6OS/c1-5-17-26-27-18(30-17)10-16-21-28-25-13(4)29(21)22-19(11(2)12(3)31-22)20(24-16)14-6-8-15(23)9-7-14/h6-9,16H,5,10H2,1-4H3/t16-/m0/s1. The zero-order valence-corrected chi connectivity index (χ0v) is 19.3. The Morgan fingerprint density at radius 2 is 1.77 bits per heavy atom. The third kappa shape index (κ3) is 3.40. The number of thiophene rings is 1. The minimum atomic E-state index is -0.309. The van der Waals surface area contributed by atoms with Gasteiger partial charge < -0.3 is 4.42 Å². The van der Waals surface area contributed by atoms with Gasteiger partial charge in [-0.25, -0.2) is 0 Å². The van der Waals surface area contributed by atoms with Crippen LogP contribution in [-0.4, -0.2) is 30.7 Å². The molecule has 0 N–H and O–H groups in total. The van der Waals surface area contributed by atoms with Crippen molar-refractivity contribution in [3.05, 3.63) is 74.3 Å². The summed E-state index contributed by atoms with van der Waals surface area (Å²) in [6.07, 6.45) is 1.15. The van der Waals surface area contributed by atoms with Crippen molar-refractivity contribution in [2.75, 3.05) is 0 Å². The Hall–Kier alpha value is -2.84. The molecule has 3 aromatic heterocycles. The van der Waals surface area contributed by atoms with Gasteiger partial charge in [-0.05, 0) is 38.5 Å². The number of aliphatic imine (C=N–C) groups is 1. The van der Waals surface area contributed by atoms with Crippen molar-refractivity contribution in [3.63, 3.8) is 0 Å². The molecule has 158 valence electrons. The summed E-state index contributed by atoms with van der Waals surface area (Å²) in [6, 6.07) is 7.50. The van der Waals surface area contributed by atoms with Crippen molar-refractivity contribution >= 4 is 28.6 Å². The molecule has 1 aliphatic heterocycles. The van der Waals surface area contributed by atoms with Crippen LogP contribution in [-0.2, 0) is 12.8 Å². The Morgan fingerprint density at radius 1 is 1.03 bits per heavy atom. The Morgan fingerprint density at radius 3 is 2.48 bits per heavy atom. The number of hydrogen-bond donors (Lipinski definition) is 0. The van der Waals surface area contributed by atoms with Gasteiger partial charge >= 0.3 is 0 Å². The van der Waals surface area contributed by atoms with Crippen LogP contribution in [0.3, 0.4) is 0 Å². The van der Waals surface area contributed by atoms with E-state index in [4.69, 9.17) is 21.0 Å². The zero-order chi connectivity index (χ0) is 21.7. The molecule has 9 heteroatoms. The van der Waals surface area contributed by atoms with Crippen LogP contribution in [0.15, 0.2) is 33.7 Å². The zero-order valence-electron chi connectivity index (χ0n) is 17.7. The van der Waals surface area contributed by atoms with E-state index in [1.807, 2.05) is 38.1 Å². The van der Waals surface area contributed by atoms with E-state index >= 15 is 0 Å². The molecule has 1 atom stereocenters. The van der Waals surface area contributed by atoms with Crippen LogP contribution in [0.2, 0.25) is 5.02 Å². The van der Waals surface area contributed by atoms with Crippen molar-refractivity contribution in [2.24, 2.45) is 4.99 Å². The first-order chi connectivity index (χ1) is 15.0. The van der Waals surface area contributed by atoms with Gasteiger partial charge in [0.2, 0.25) is 11.8 Å². The van der Waals surface area contributed by atoms with E-state index in [1.165, 1.54) is 10.4 Å². The van der Waals surface area contributed by atoms with Gasteiger partial charge in [-0.3, -0.25) is 9.56 Å². The highest BCUT2D eigenvalue weighted by molar-refractivity contribution is 7.15. The second kappa shape index (κ2) is 7.69. The van der Waals surface area contributed by atoms with Gasteiger partial charge in [-0.2, -0.15) is 0 Å². The molecule has 31 heavy (non-hydrogen) atoms. The minimum absolute atomic E-state index is 0.309. The van der Waals surface area contributed by atoms with E-state index in [2.05, 4.69) is 38.8 Å². The maximum Gasteiger partial charge on any atom is 0.219 e. The molecule has 5 rings (SSSR count). The first-order valence-corrected chi connectivity index (χ1v) is 11.3. The summed E-state index contributed by atoms with van der Waals surface area (Å²) in [5.41, 5.74) is 4.24. The van der Waals surface area contributed by atoms with Crippen molar-refractivity contribution in [1.29, 1.82) is 0 Å². The molecule has 0 radical (unpaired) electrons. The number of rotatable bonds is 4. The smallest absolute Gasteiger partial charge is 0.219 e. The lowest BCUT2D eigenvalue weighted by molar-refractivity contribution is 0.436. The highest BCUT2D eigenvalue weighted by Gasteiger charge is 2.32. The van der Waals surface area contributed by atoms with Crippen molar-refractivity contribution < 1.29 is 4.42 Å². The van der Waals surface area contributed by atoms with E-state index in [9.17, 15) is 0 Å². The molecule has 0 bridgehead atoms. The summed E-state index contributed by atoms with van der Waals surface area (Å²) in [6.45, 7) is 8.23. The number of aromatic nitrogens is 5. The van der Waals surface area contributed by atoms with Crippen LogP contribution in [0.5, 0.6) is 0 Å². The van der Waals surface area contributed by atoms with E-state index < -0.39 is 0 Å². The van der Waals surface area contributed by atoms with Gasteiger partial charge in [0, 0.05) is 27.4 Å². The fraction of sp³-hybridized carbons (Fsp3) is 0.318. The molecule has 0 saturated carbocycles. The van der Waals surface area contributed by atoms with Gasteiger partial charge in [0.1, 0.15) is 16.9 Å². The second-order valence-electron chi connectivity index (χ2n) is 7.55. The summed E-state index contributed by atoms with van der Waals surface area (Å²) in [7, 11) is 0. The summed E-state index contributed by atoms with van der Waals surface area (Å²) in [5.74, 6) is 2.77.